The summed E-state index contributed by atoms with van der Waals surface area (Å²) in [6.07, 6.45) is 3.26. The molecular formula is C15H18N4O2. The monoisotopic (exact) mass is 286 g/mol. The maximum Gasteiger partial charge on any atom is 0.0951 e. The van der Waals surface area contributed by atoms with Crippen molar-refractivity contribution in [3.8, 4) is 0 Å². The zero-order valence-electron chi connectivity index (χ0n) is 11.6. The fourth-order valence-corrected chi connectivity index (χ4v) is 3.61. The fraction of sp³-hybridized carbons (Fsp3) is 0.467. The van der Waals surface area contributed by atoms with Gasteiger partial charge in [0.15, 0.2) is 0 Å². The highest BCUT2D eigenvalue weighted by Gasteiger charge is 2.42. The van der Waals surface area contributed by atoms with Crippen LogP contribution in [0.25, 0.3) is 0 Å². The lowest BCUT2D eigenvalue weighted by molar-refractivity contribution is 0.0655. The molecule has 110 valence electrons. The Bertz CT molecular complexity index is 630. The predicted molar refractivity (Wildman–Crippen MR) is 75.5 cm³/mol. The van der Waals surface area contributed by atoms with Gasteiger partial charge in [-0.25, -0.2) is 4.68 Å². The van der Waals surface area contributed by atoms with Gasteiger partial charge in [-0.05, 0) is 17.5 Å². The molecule has 2 aliphatic rings. The van der Waals surface area contributed by atoms with Crippen LogP contribution in [0, 0.1) is 0 Å². The van der Waals surface area contributed by atoms with Crippen LogP contribution in [0.15, 0.2) is 36.7 Å². The maximum absolute atomic E-state index is 10.5. The molecule has 1 fully saturated rings. The van der Waals surface area contributed by atoms with Crippen LogP contribution in [0.1, 0.15) is 23.3 Å². The Morgan fingerprint density at radius 2 is 1.95 bits per heavy atom. The second-order valence-corrected chi connectivity index (χ2v) is 5.89. The first-order chi connectivity index (χ1) is 10.2. The van der Waals surface area contributed by atoms with Crippen molar-refractivity contribution in [2.24, 2.45) is 0 Å². The van der Waals surface area contributed by atoms with Crippen molar-refractivity contribution >= 4 is 0 Å². The van der Waals surface area contributed by atoms with Crippen molar-refractivity contribution in [1.82, 2.24) is 19.9 Å². The standard InChI is InChI=1S/C15H18N4O2/c20-14-9-18(8-13(14)19-6-5-16-17-19)12-7-10-3-1-2-4-11(10)15(12)21/h1-6,12-15,20-21H,7-9H2/t12?,13-,14-,15?/m1/s1. The fourth-order valence-electron chi connectivity index (χ4n) is 3.61. The summed E-state index contributed by atoms with van der Waals surface area (Å²) in [5.74, 6) is 0. The van der Waals surface area contributed by atoms with Gasteiger partial charge in [-0.3, -0.25) is 4.90 Å². The van der Waals surface area contributed by atoms with E-state index in [9.17, 15) is 10.2 Å². The highest BCUT2D eigenvalue weighted by atomic mass is 16.3. The molecule has 1 saturated heterocycles. The van der Waals surface area contributed by atoms with Crippen LogP contribution in [0.3, 0.4) is 0 Å². The minimum absolute atomic E-state index is 0.0329. The summed E-state index contributed by atoms with van der Waals surface area (Å²) in [5, 5.41) is 28.6. The number of likely N-dealkylation sites (tertiary alicyclic amines) is 1. The summed E-state index contributed by atoms with van der Waals surface area (Å²) in [4.78, 5) is 2.17. The molecule has 6 nitrogen and oxygen atoms in total. The molecule has 1 aromatic heterocycles. The molecule has 2 aromatic rings. The van der Waals surface area contributed by atoms with E-state index in [0.29, 0.717) is 13.1 Å². The number of hydrogen-bond donors (Lipinski definition) is 2. The van der Waals surface area contributed by atoms with Gasteiger partial charge in [0, 0.05) is 25.3 Å². The third-order valence-electron chi connectivity index (χ3n) is 4.70. The van der Waals surface area contributed by atoms with E-state index in [4.69, 9.17) is 0 Å². The molecule has 0 amide bonds. The van der Waals surface area contributed by atoms with Gasteiger partial charge in [0.05, 0.1) is 24.4 Å². The summed E-state index contributed by atoms with van der Waals surface area (Å²) >= 11 is 0. The lowest BCUT2D eigenvalue weighted by atomic mass is 10.1. The smallest absolute Gasteiger partial charge is 0.0951 e. The lowest BCUT2D eigenvalue weighted by Crippen LogP contribution is -2.37. The number of benzene rings is 1. The Hall–Kier alpha value is -1.76. The van der Waals surface area contributed by atoms with Crippen LogP contribution < -0.4 is 0 Å². The van der Waals surface area contributed by atoms with E-state index in [1.165, 1.54) is 5.56 Å². The van der Waals surface area contributed by atoms with Crippen LogP contribution in [0.4, 0.5) is 0 Å². The summed E-state index contributed by atoms with van der Waals surface area (Å²) < 4.78 is 1.71. The van der Waals surface area contributed by atoms with Crippen LogP contribution >= 0.6 is 0 Å². The lowest BCUT2D eigenvalue weighted by Gasteiger charge is -2.26. The third-order valence-corrected chi connectivity index (χ3v) is 4.70. The molecule has 0 saturated carbocycles. The number of nitrogens with zero attached hydrogens (tertiary/aromatic N) is 4. The average molecular weight is 286 g/mol. The van der Waals surface area contributed by atoms with E-state index in [2.05, 4.69) is 21.3 Å². The molecule has 0 spiro atoms. The Kier molecular flexibility index (Phi) is 3.02. The quantitative estimate of drug-likeness (QED) is 0.822. The SMILES string of the molecule is OC1c2ccccc2CC1N1C[C@@H](O)[C@H](n2ccnn2)C1. The molecule has 0 bridgehead atoms. The molecule has 2 N–H and O–H groups in total. The number of fused-ring (bicyclic) bond motifs is 1. The zero-order valence-corrected chi connectivity index (χ0v) is 11.6. The minimum Gasteiger partial charge on any atom is -0.390 e. The first-order valence-electron chi connectivity index (χ1n) is 7.28. The van der Waals surface area contributed by atoms with E-state index in [0.717, 1.165) is 12.0 Å². The van der Waals surface area contributed by atoms with Crippen molar-refractivity contribution in [1.29, 1.82) is 0 Å². The van der Waals surface area contributed by atoms with Crippen molar-refractivity contribution in [2.45, 2.75) is 30.7 Å². The molecule has 4 atom stereocenters. The maximum atomic E-state index is 10.5. The van der Waals surface area contributed by atoms with Gasteiger partial charge < -0.3 is 10.2 Å². The number of rotatable bonds is 2. The van der Waals surface area contributed by atoms with Crippen LogP contribution in [-0.4, -0.2) is 55.3 Å². The molecule has 2 heterocycles. The Balaban J connectivity index is 1.54. The molecule has 4 rings (SSSR count). The highest BCUT2D eigenvalue weighted by Crippen LogP contribution is 2.37. The van der Waals surface area contributed by atoms with E-state index in [1.54, 1.807) is 17.1 Å². The molecule has 1 aliphatic heterocycles. The van der Waals surface area contributed by atoms with Crippen molar-refractivity contribution in [2.75, 3.05) is 13.1 Å². The zero-order chi connectivity index (χ0) is 14.4. The Labute approximate surface area is 122 Å². The third kappa shape index (κ3) is 2.07. The van der Waals surface area contributed by atoms with Crippen molar-refractivity contribution in [3.05, 3.63) is 47.8 Å². The highest BCUT2D eigenvalue weighted by molar-refractivity contribution is 5.36. The summed E-state index contributed by atoms with van der Waals surface area (Å²) in [5.41, 5.74) is 2.22. The van der Waals surface area contributed by atoms with Crippen LogP contribution in [0.5, 0.6) is 0 Å². The van der Waals surface area contributed by atoms with Gasteiger partial charge >= 0.3 is 0 Å². The van der Waals surface area contributed by atoms with Crippen LogP contribution in [-0.2, 0) is 6.42 Å². The van der Waals surface area contributed by atoms with Gasteiger partial charge in [0.2, 0.25) is 0 Å². The number of aliphatic hydroxyl groups is 2. The van der Waals surface area contributed by atoms with Gasteiger partial charge in [-0.2, -0.15) is 0 Å². The van der Waals surface area contributed by atoms with Crippen molar-refractivity contribution in [3.63, 3.8) is 0 Å². The average Bonchev–Trinajstić information content (AvgIpc) is 3.19. The molecule has 1 aromatic carbocycles. The summed E-state index contributed by atoms with van der Waals surface area (Å²) in [7, 11) is 0. The number of hydrogen-bond acceptors (Lipinski definition) is 5. The Morgan fingerprint density at radius 1 is 1.10 bits per heavy atom. The summed E-state index contributed by atoms with van der Waals surface area (Å²) in [6.45, 7) is 1.24. The van der Waals surface area contributed by atoms with Crippen LogP contribution in [0.2, 0.25) is 0 Å². The normalized spacial score (nSPS) is 32.5. The predicted octanol–water partition coefficient (Wildman–Crippen LogP) is 0.154. The van der Waals surface area contributed by atoms with E-state index < -0.39 is 12.2 Å². The van der Waals surface area contributed by atoms with Gasteiger partial charge in [-0.1, -0.05) is 29.5 Å². The number of aliphatic hydroxyl groups excluding tert-OH is 2. The van der Waals surface area contributed by atoms with Crippen molar-refractivity contribution < 1.29 is 10.2 Å². The van der Waals surface area contributed by atoms with Gasteiger partial charge in [-0.15, -0.1) is 5.10 Å². The largest absolute Gasteiger partial charge is 0.390 e. The molecule has 1 aliphatic carbocycles. The van der Waals surface area contributed by atoms with E-state index in [1.807, 2.05) is 18.2 Å². The number of β-amino-alcohol motifs (C(OH)–C–C–N with tert-alkyl or cyclic N) is 1. The second-order valence-electron chi connectivity index (χ2n) is 5.89. The van der Waals surface area contributed by atoms with Gasteiger partial charge in [0.1, 0.15) is 0 Å². The molecule has 21 heavy (non-hydrogen) atoms. The molecular weight excluding hydrogens is 268 g/mol. The molecule has 6 heteroatoms. The van der Waals surface area contributed by atoms with E-state index >= 15 is 0 Å². The van der Waals surface area contributed by atoms with E-state index in [-0.39, 0.29) is 12.1 Å². The molecule has 2 unspecified atom stereocenters. The minimum atomic E-state index is -0.484. The Morgan fingerprint density at radius 3 is 2.71 bits per heavy atom. The first kappa shape index (κ1) is 12.9. The second kappa shape index (κ2) is 4.91. The topological polar surface area (TPSA) is 74.4 Å². The van der Waals surface area contributed by atoms with Gasteiger partial charge in [0.25, 0.3) is 0 Å². The first-order valence-corrected chi connectivity index (χ1v) is 7.28. The summed E-state index contributed by atoms with van der Waals surface area (Å²) in [6, 6.07) is 7.96. The molecule has 0 radical (unpaired) electrons. The number of aromatic nitrogens is 3.